The topological polar surface area (TPSA) is 82.8 Å². The van der Waals surface area contributed by atoms with Gasteiger partial charge >= 0.3 is 0 Å². The Bertz CT molecular complexity index is 981. The van der Waals surface area contributed by atoms with Gasteiger partial charge in [-0.3, -0.25) is 4.79 Å². The molecule has 0 bridgehead atoms. The molecule has 0 unspecified atom stereocenters. The van der Waals surface area contributed by atoms with E-state index in [-0.39, 0.29) is 17.7 Å². The van der Waals surface area contributed by atoms with E-state index in [9.17, 15) is 4.79 Å². The molecule has 0 aliphatic rings. The van der Waals surface area contributed by atoms with Crippen LogP contribution in [0.1, 0.15) is 29.9 Å². The van der Waals surface area contributed by atoms with E-state index in [2.05, 4.69) is 10.5 Å². The zero-order chi connectivity index (χ0) is 20.8. The maximum Gasteiger partial charge on any atom is 0.273 e. The molecule has 152 valence electrons. The van der Waals surface area contributed by atoms with Crippen LogP contribution >= 0.6 is 0 Å². The van der Waals surface area contributed by atoms with E-state index < -0.39 is 0 Å². The number of nitrogens with one attached hydrogen (secondary N) is 1. The molecule has 7 nitrogen and oxygen atoms in total. The van der Waals surface area contributed by atoms with Gasteiger partial charge in [-0.1, -0.05) is 23.4 Å². The minimum atomic E-state index is -0.346. The van der Waals surface area contributed by atoms with Crippen LogP contribution in [0.3, 0.4) is 0 Å². The molecule has 1 amide bonds. The summed E-state index contributed by atoms with van der Waals surface area (Å²) in [7, 11) is 3.14. The summed E-state index contributed by atoms with van der Waals surface area (Å²) >= 11 is 0. The SMILES string of the molecule is COc1ccc(OC)c(-c2cc(C(=O)NCc3ccccc3OC(C)C)no2)c1. The van der Waals surface area contributed by atoms with E-state index in [4.69, 9.17) is 18.7 Å². The third kappa shape index (κ3) is 4.87. The number of nitrogens with zero attached hydrogens (tertiary/aromatic N) is 1. The number of carbonyl (C=O) groups is 1. The van der Waals surface area contributed by atoms with Crippen LogP contribution in [0, 0.1) is 0 Å². The van der Waals surface area contributed by atoms with Gasteiger partial charge in [-0.2, -0.15) is 0 Å². The summed E-state index contributed by atoms with van der Waals surface area (Å²) in [4.78, 5) is 12.5. The van der Waals surface area contributed by atoms with Crippen molar-refractivity contribution in [2.75, 3.05) is 14.2 Å². The van der Waals surface area contributed by atoms with Crippen molar-refractivity contribution in [3.63, 3.8) is 0 Å². The van der Waals surface area contributed by atoms with E-state index in [1.54, 1.807) is 38.5 Å². The third-order valence-electron chi connectivity index (χ3n) is 4.19. The maximum absolute atomic E-state index is 12.5. The van der Waals surface area contributed by atoms with Gasteiger partial charge in [0.2, 0.25) is 0 Å². The minimum Gasteiger partial charge on any atom is -0.497 e. The van der Waals surface area contributed by atoms with Crippen LogP contribution in [0.5, 0.6) is 17.2 Å². The van der Waals surface area contributed by atoms with Gasteiger partial charge in [0.25, 0.3) is 5.91 Å². The fourth-order valence-corrected chi connectivity index (χ4v) is 2.80. The van der Waals surface area contributed by atoms with Gasteiger partial charge in [0.05, 0.1) is 25.9 Å². The smallest absolute Gasteiger partial charge is 0.273 e. The van der Waals surface area contributed by atoms with Crippen LogP contribution < -0.4 is 19.5 Å². The Morgan fingerprint density at radius 3 is 2.59 bits per heavy atom. The number of rotatable bonds is 8. The Kier molecular flexibility index (Phi) is 6.39. The summed E-state index contributed by atoms with van der Waals surface area (Å²) in [5.41, 5.74) is 1.70. The molecule has 0 aliphatic heterocycles. The van der Waals surface area contributed by atoms with Gasteiger partial charge in [0, 0.05) is 18.2 Å². The summed E-state index contributed by atoms with van der Waals surface area (Å²) in [6, 6.07) is 14.5. The molecular weight excluding hydrogens is 372 g/mol. The van der Waals surface area contributed by atoms with Crippen LogP contribution in [0.2, 0.25) is 0 Å². The Balaban J connectivity index is 1.74. The summed E-state index contributed by atoms with van der Waals surface area (Å²) < 4.78 is 21.8. The second-order valence-electron chi connectivity index (χ2n) is 6.60. The van der Waals surface area contributed by atoms with Crippen molar-refractivity contribution in [1.29, 1.82) is 0 Å². The standard InChI is InChI=1S/C22H24N2O5/c1-14(2)28-19-8-6-5-7-15(19)13-23-22(25)18-12-21(29-24-18)17-11-16(26-3)9-10-20(17)27-4/h5-12,14H,13H2,1-4H3,(H,23,25). The molecule has 0 saturated carbocycles. The quantitative estimate of drug-likeness (QED) is 0.618. The molecule has 3 aromatic rings. The van der Waals surface area contributed by atoms with Gasteiger partial charge < -0.3 is 24.1 Å². The summed E-state index contributed by atoms with van der Waals surface area (Å²) in [6.07, 6.45) is 0.0443. The monoisotopic (exact) mass is 396 g/mol. The van der Waals surface area contributed by atoms with Crippen molar-refractivity contribution >= 4 is 5.91 Å². The lowest BCUT2D eigenvalue weighted by Gasteiger charge is -2.14. The first-order chi connectivity index (χ1) is 14.0. The highest BCUT2D eigenvalue weighted by atomic mass is 16.5. The van der Waals surface area contributed by atoms with Gasteiger partial charge in [0.15, 0.2) is 11.5 Å². The lowest BCUT2D eigenvalue weighted by Crippen LogP contribution is -2.23. The molecule has 2 aromatic carbocycles. The molecule has 0 atom stereocenters. The van der Waals surface area contributed by atoms with E-state index in [0.29, 0.717) is 29.4 Å². The van der Waals surface area contributed by atoms with E-state index in [0.717, 1.165) is 11.3 Å². The van der Waals surface area contributed by atoms with Gasteiger partial charge in [-0.15, -0.1) is 0 Å². The highest BCUT2D eigenvalue weighted by Crippen LogP contribution is 2.33. The van der Waals surface area contributed by atoms with Crippen molar-refractivity contribution < 1.29 is 23.5 Å². The normalized spacial score (nSPS) is 10.7. The van der Waals surface area contributed by atoms with Crippen molar-refractivity contribution in [3.05, 3.63) is 59.8 Å². The second-order valence-corrected chi connectivity index (χ2v) is 6.60. The van der Waals surface area contributed by atoms with Crippen molar-refractivity contribution in [1.82, 2.24) is 10.5 Å². The molecule has 0 aliphatic carbocycles. The average Bonchev–Trinajstić information content (AvgIpc) is 3.22. The molecule has 7 heteroatoms. The summed E-state index contributed by atoms with van der Waals surface area (Å²) in [5, 5.41) is 6.74. The lowest BCUT2D eigenvalue weighted by atomic mass is 10.1. The Morgan fingerprint density at radius 2 is 1.86 bits per heavy atom. The molecule has 1 heterocycles. The number of hydrogen-bond donors (Lipinski definition) is 1. The van der Waals surface area contributed by atoms with Gasteiger partial charge in [0.1, 0.15) is 17.2 Å². The fourth-order valence-electron chi connectivity index (χ4n) is 2.80. The first-order valence-corrected chi connectivity index (χ1v) is 9.23. The summed E-state index contributed by atoms with van der Waals surface area (Å²) in [5.74, 6) is 2.04. The summed E-state index contributed by atoms with van der Waals surface area (Å²) in [6.45, 7) is 4.23. The van der Waals surface area contributed by atoms with Crippen molar-refractivity contribution in [2.45, 2.75) is 26.5 Å². The Hall–Kier alpha value is -3.48. The average molecular weight is 396 g/mol. The molecule has 1 N–H and O–H groups in total. The van der Waals surface area contributed by atoms with E-state index >= 15 is 0 Å². The second kappa shape index (κ2) is 9.14. The highest BCUT2D eigenvalue weighted by molar-refractivity contribution is 5.93. The molecule has 0 fully saturated rings. The molecule has 0 radical (unpaired) electrons. The number of carbonyl (C=O) groups excluding carboxylic acids is 1. The van der Waals surface area contributed by atoms with Crippen molar-refractivity contribution in [2.24, 2.45) is 0 Å². The molecule has 3 rings (SSSR count). The molecule has 0 saturated heterocycles. The number of aromatic nitrogens is 1. The first-order valence-electron chi connectivity index (χ1n) is 9.23. The van der Waals surface area contributed by atoms with Crippen LogP contribution in [0.4, 0.5) is 0 Å². The van der Waals surface area contributed by atoms with Crippen LogP contribution in [0.15, 0.2) is 53.1 Å². The first kappa shape index (κ1) is 20.3. The van der Waals surface area contributed by atoms with Gasteiger partial charge in [-0.05, 0) is 38.1 Å². The largest absolute Gasteiger partial charge is 0.497 e. The predicted octanol–water partition coefficient (Wildman–Crippen LogP) is 4.08. The van der Waals surface area contributed by atoms with Gasteiger partial charge in [-0.25, -0.2) is 0 Å². The van der Waals surface area contributed by atoms with Crippen LogP contribution in [-0.4, -0.2) is 31.4 Å². The Labute approximate surface area is 169 Å². The number of para-hydroxylation sites is 1. The molecule has 1 aromatic heterocycles. The fraction of sp³-hybridized carbons (Fsp3) is 0.273. The number of hydrogen-bond acceptors (Lipinski definition) is 6. The number of ether oxygens (including phenoxy) is 3. The maximum atomic E-state index is 12.5. The van der Waals surface area contributed by atoms with Crippen LogP contribution in [0.25, 0.3) is 11.3 Å². The number of methoxy groups -OCH3 is 2. The predicted molar refractivity (Wildman–Crippen MR) is 108 cm³/mol. The van der Waals surface area contributed by atoms with Crippen LogP contribution in [-0.2, 0) is 6.54 Å². The molecule has 29 heavy (non-hydrogen) atoms. The third-order valence-corrected chi connectivity index (χ3v) is 4.19. The minimum absolute atomic E-state index is 0.0443. The molecule has 0 spiro atoms. The van der Waals surface area contributed by atoms with Crippen molar-refractivity contribution in [3.8, 4) is 28.6 Å². The lowest BCUT2D eigenvalue weighted by molar-refractivity contribution is 0.0941. The number of amides is 1. The zero-order valence-corrected chi connectivity index (χ0v) is 16.9. The van der Waals surface area contributed by atoms with E-state index in [1.165, 1.54) is 0 Å². The zero-order valence-electron chi connectivity index (χ0n) is 16.9. The number of benzene rings is 2. The highest BCUT2D eigenvalue weighted by Gasteiger charge is 2.17. The van der Waals surface area contributed by atoms with E-state index in [1.807, 2.05) is 38.1 Å². The Morgan fingerprint density at radius 1 is 1.07 bits per heavy atom. The molecular formula is C22H24N2O5.